The van der Waals surface area contributed by atoms with Gasteiger partial charge in [0.25, 0.3) is 11.8 Å². The number of hydrogen-bond donors (Lipinski definition) is 2. The topological polar surface area (TPSA) is 99.2 Å². The smallest absolute Gasteiger partial charge is 0.259 e. The number of pyridine rings is 1. The molecule has 0 unspecified atom stereocenters. The van der Waals surface area contributed by atoms with E-state index in [9.17, 15) is 9.59 Å². The van der Waals surface area contributed by atoms with E-state index in [1.54, 1.807) is 36.4 Å². The van der Waals surface area contributed by atoms with Crippen LogP contribution in [0.3, 0.4) is 0 Å². The molecule has 0 atom stereocenters. The van der Waals surface area contributed by atoms with Crippen molar-refractivity contribution in [3.05, 3.63) is 76.4 Å². The lowest BCUT2D eigenvalue weighted by Gasteiger charge is -2.20. The molecule has 1 aliphatic rings. The van der Waals surface area contributed by atoms with Gasteiger partial charge in [0.15, 0.2) is 0 Å². The van der Waals surface area contributed by atoms with Crippen LogP contribution in [-0.2, 0) is 0 Å². The van der Waals surface area contributed by atoms with Crippen LogP contribution in [0.15, 0.2) is 59.7 Å². The van der Waals surface area contributed by atoms with Gasteiger partial charge in [-0.05, 0) is 30.3 Å². The highest BCUT2D eigenvalue weighted by Crippen LogP contribution is 2.34. The predicted octanol–water partition coefficient (Wildman–Crippen LogP) is 4.01. The Labute approximate surface area is 214 Å². The molecular formula is C26H27ClN6O3. The third kappa shape index (κ3) is 5.41. The molecule has 10 heteroatoms. The third-order valence-corrected chi connectivity index (χ3v) is 5.96. The van der Waals surface area contributed by atoms with Crippen molar-refractivity contribution in [2.45, 2.75) is 0 Å². The quantitative estimate of drug-likeness (QED) is 0.502. The largest absolute Gasteiger partial charge is 0.494 e. The molecule has 2 N–H and O–H groups in total. The number of amides is 2. The number of likely N-dealkylation sites (N-methyl/N-ethyl adjacent to an activating group) is 1. The van der Waals surface area contributed by atoms with Crippen LogP contribution in [0.5, 0.6) is 5.75 Å². The molecule has 0 radical (unpaired) electrons. The molecular weight excluding hydrogens is 480 g/mol. The summed E-state index contributed by atoms with van der Waals surface area (Å²) in [5.41, 5.74) is 2.58. The molecule has 36 heavy (non-hydrogen) atoms. The van der Waals surface area contributed by atoms with Gasteiger partial charge in [-0.2, -0.15) is 0 Å². The zero-order valence-corrected chi connectivity index (χ0v) is 21.3. The van der Waals surface area contributed by atoms with Crippen molar-refractivity contribution < 1.29 is 14.3 Å². The Kier molecular flexibility index (Phi) is 7.40. The highest BCUT2D eigenvalue weighted by Gasteiger charge is 2.22. The molecule has 0 fully saturated rings. The van der Waals surface area contributed by atoms with Gasteiger partial charge in [0.05, 0.1) is 29.9 Å². The van der Waals surface area contributed by atoms with Gasteiger partial charge in [-0.15, -0.1) is 0 Å². The molecule has 0 saturated heterocycles. The Hall–Kier alpha value is -4.11. The molecule has 0 aliphatic carbocycles. The normalized spacial score (nSPS) is 12.7. The fourth-order valence-electron chi connectivity index (χ4n) is 3.76. The number of nitrogens with zero attached hydrogens (tertiary/aromatic N) is 4. The van der Waals surface area contributed by atoms with E-state index < -0.39 is 5.91 Å². The first-order valence-corrected chi connectivity index (χ1v) is 11.6. The van der Waals surface area contributed by atoms with Gasteiger partial charge in [-0.1, -0.05) is 23.7 Å². The zero-order chi connectivity index (χ0) is 25.8. The van der Waals surface area contributed by atoms with E-state index in [1.165, 1.54) is 13.3 Å². The summed E-state index contributed by atoms with van der Waals surface area (Å²) < 4.78 is 5.55. The molecule has 0 bridgehead atoms. The van der Waals surface area contributed by atoms with Gasteiger partial charge < -0.3 is 25.2 Å². The fourth-order valence-corrected chi connectivity index (χ4v) is 3.87. The summed E-state index contributed by atoms with van der Waals surface area (Å²) in [5.74, 6) is 0.740. The van der Waals surface area contributed by atoms with E-state index in [0.29, 0.717) is 22.2 Å². The second-order valence-electron chi connectivity index (χ2n) is 8.44. The summed E-state index contributed by atoms with van der Waals surface area (Å²) >= 11 is 5.90. The number of methoxy groups -OCH3 is 1. The van der Waals surface area contributed by atoms with Crippen LogP contribution in [0.4, 0.5) is 17.2 Å². The maximum Gasteiger partial charge on any atom is 0.259 e. The van der Waals surface area contributed by atoms with Crippen LogP contribution in [0.1, 0.15) is 26.3 Å². The molecule has 0 spiro atoms. The molecule has 9 nitrogen and oxygen atoms in total. The Bertz CT molecular complexity index is 1310. The van der Waals surface area contributed by atoms with Gasteiger partial charge in [0, 0.05) is 56.8 Å². The average Bonchev–Trinajstić information content (AvgIpc) is 3.31. The summed E-state index contributed by atoms with van der Waals surface area (Å²) in [7, 11) is 7.18. The minimum absolute atomic E-state index is 0.224. The molecule has 3 aromatic rings. The van der Waals surface area contributed by atoms with Crippen LogP contribution in [0, 0.1) is 0 Å². The van der Waals surface area contributed by atoms with E-state index in [0.717, 1.165) is 30.2 Å². The van der Waals surface area contributed by atoms with E-state index in [-0.39, 0.29) is 17.2 Å². The summed E-state index contributed by atoms with van der Waals surface area (Å²) in [6.45, 7) is 1.63. The SMILES string of the molecule is COc1cc(N(C)C)cc(C(=O)Nc2ccc(Cl)cn2)c1NC(=O)c1ccc(C2=NCCN2C)cc1. The summed E-state index contributed by atoms with van der Waals surface area (Å²) in [4.78, 5) is 39.0. The number of nitrogens with one attached hydrogen (secondary N) is 2. The van der Waals surface area contributed by atoms with Crippen LogP contribution in [-0.4, -0.2) is 68.9 Å². The van der Waals surface area contributed by atoms with Gasteiger partial charge in [0.2, 0.25) is 0 Å². The number of rotatable bonds is 7. The van der Waals surface area contributed by atoms with E-state index in [1.807, 2.05) is 38.2 Å². The molecule has 1 aliphatic heterocycles. The summed E-state index contributed by atoms with van der Waals surface area (Å²) in [6, 6.07) is 13.9. The number of aromatic nitrogens is 1. The minimum atomic E-state index is -0.459. The standard InChI is InChI=1S/C26H27ClN6O3/c1-32(2)19-13-20(26(35)30-22-10-9-18(27)15-29-22)23(21(14-19)36-4)31-25(34)17-7-5-16(6-8-17)24-28-11-12-33(24)3/h5-10,13-15H,11-12H2,1-4H3,(H,31,34)(H,29,30,35). The number of ether oxygens (including phenoxy) is 1. The molecule has 2 heterocycles. The van der Waals surface area contributed by atoms with Crippen molar-refractivity contribution in [3.8, 4) is 5.75 Å². The first-order chi connectivity index (χ1) is 17.3. The maximum atomic E-state index is 13.3. The Morgan fingerprint density at radius 2 is 1.81 bits per heavy atom. The average molecular weight is 507 g/mol. The number of benzene rings is 2. The molecule has 4 rings (SSSR count). The van der Waals surface area contributed by atoms with Crippen molar-refractivity contribution >= 4 is 46.4 Å². The first kappa shape index (κ1) is 25.0. The van der Waals surface area contributed by atoms with Crippen molar-refractivity contribution in [1.29, 1.82) is 0 Å². The first-order valence-electron chi connectivity index (χ1n) is 11.3. The zero-order valence-electron chi connectivity index (χ0n) is 20.5. The number of anilines is 3. The number of aliphatic imine (C=N–C) groups is 1. The number of carbonyl (C=O) groups is 2. The van der Waals surface area contributed by atoms with Crippen LogP contribution in [0.25, 0.3) is 0 Å². The van der Waals surface area contributed by atoms with E-state index in [2.05, 4.69) is 25.5 Å². The molecule has 186 valence electrons. The second kappa shape index (κ2) is 10.7. The maximum absolute atomic E-state index is 13.3. The van der Waals surface area contributed by atoms with Crippen molar-refractivity contribution in [2.24, 2.45) is 4.99 Å². The van der Waals surface area contributed by atoms with E-state index >= 15 is 0 Å². The lowest BCUT2D eigenvalue weighted by atomic mass is 10.1. The van der Waals surface area contributed by atoms with Gasteiger partial charge in [0.1, 0.15) is 17.4 Å². The third-order valence-electron chi connectivity index (χ3n) is 5.74. The Morgan fingerprint density at radius 3 is 2.39 bits per heavy atom. The number of halogens is 1. The van der Waals surface area contributed by atoms with Gasteiger partial charge in [-0.3, -0.25) is 14.6 Å². The van der Waals surface area contributed by atoms with Gasteiger partial charge >= 0.3 is 0 Å². The van der Waals surface area contributed by atoms with Gasteiger partial charge in [-0.25, -0.2) is 4.98 Å². The summed E-state index contributed by atoms with van der Waals surface area (Å²) in [5, 5.41) is 6.06. The Morgan fingerprint density at radius 1 is 1.06 bits per heavy atom. The van der Waals surface area contributed by atoms with Crippen molar-refractivity contribution in [3.63, 3.8) is 0 Å². The summed E-state index contributed by atoms with van der Waals surface area (Å²) in [6.07, 6.45) is 1.44. The minimum Gasteiger partial charge on any atom is -0.494 e. The number of hydrogen-bond acceptors (Lipinski definition) is 7. The molecule has 2 amide bonds. The van der Waals surface area contributed by atoms with Crippen LogP contribution in [0.2, 0.25) is 5.02 Å². The molecule has 2 aromatic carbocycles. The lowest BCUT2D eigenvalue weighted by Crippen LogP contribution is -2.23. The molecule has 0 saturated carbocycles. The predicted molar refractivity (Wildman–Crippen MR) is 143 cm³/mol. The number of amidine groups is 1. The number of carbonyl (C=O) groups excluding carboxylic acids is 2. The fraction of sp³-hybridized carbons (Fsp3) is 0.231. The van der Waals surface area contributed by atoms with Crippen molar-refractivity contribution in [1.82, 2.24) is 9.88 Å². The van der Waals surface area contributed by atoms with Crippen LogP contribution < -0.4 is 20.3 Å². The monoisotopic (exact) mass is 506 g/mol. The molecule has 1 aromatic heterocycles. The second-order valence-corrected chi connectivity index (χ2v) is 8.88. The van der Waals surface area contributed by atoms with E-state index in [4.69, 9.17) is 16.3 Å². The highest BCUT2D eigenvalue weighted by atomic mass is 35.5. The Balaban J connectivity index is 1.64. The van der Waals surface area contributed by atoms with Crippen LogP contribution >= 0.6 is 11.6 Å². The van der Waals surface area contributed by atoms with Crippen molar-refractivity contribution in [2.75, 3.05) is 56.9 Å². The lowest BCUT2D eigenvalue weighted by molar-refractivity contribution is 0.102. The highest BCUT2D eigenvalue weighted by molar-refractivity contribution is 6.30.